The van der Waals surface area contributed by atoms with Crippen LogP contribution in [0, 0.1) is 0 Å². The molecule has 1 aromatic heterocycles. The second kappa shape index (κ2) is 4.61. The Morgan fingerprint density at radius 3 is 2.47 bits per heavy atom. The van der Waals surface area contributed by atoms with Crippen molar-refractivity contribution in [3.05, 3.63) is 34.4 Å². The summed E-state index contributed by atoms with van der Waals surface area (Å²) in [6, 6.07) is 4.37. The lowest BCUT2D eigenvalue weighted by atomic mass is 10.1. The van der Waals surface area contributed by atoms with Gasteiger partial charge in [-0.05, 0) is 12.1 Å². The first-order valence-corrected chi connectivity index (χ1v) is 7.98. The third kappa shape index (κ3) is 2.37. The van der Waals surface area contributed by atoms with Crippen molar-refractivity contribution in [3.8, 4) is 0 Å². The summed E-state index contributed by atoms with van der Waals surface area (Å²) in [6.45, 7) is 3.76. The van der Waals surface area contributed by atoms with E-state index in [-0.39, 0.29) is 27.3 Å². The fourth-order valence-corrected chi connectivity index (χ4v) is 3.00. The molecule has 102 valence electrons. The summed E-state index contributed by atoms with van der Waals surface area (Å²) in [5, 5.41) is 0.244. The molecule has 7 heteroatoms. The van der Waals surface area contributed by atoms with E-state index in [4.69, 9.17) is 10.7 Å². The highest BCUT2D eigenvalue weighted by Gasteiger charge is 2.19. The summed E-state index contributed by atoms with van der Waals surface area (Å²) in [5.74, 6) is 0.512. The minimum atomic E-state index is -3.94. The third-order valence-corrected chi connectivity index (χ3v) is 4.24. The Morgan fingerprint density at radius 2 is 1.95 bits per heavy atom. The lowest BCUT2D eigenvalue weighted by Gasteiger charge is -2.12. The Hall–Kier alpha value is -1.40. The van der Waals surface area contributed by atoms with E-state index in [0.29, 0.717) is 5.82 Å². The largest absolute Gasteiger partial charge is 0.299 e. The van der Waals surface area contributed by atoms with E-state index in [0.717, 1.165) is 0 Å². The van der Waals surface area contributed by atoms with E-state index in [2.05, 4.69) is 4.98 Å². The first kappa shape index (κ1) is 14.0. The van der Waals surface area contributed by atoms with Crippen molar-refractivity contribution in [1.82, 2.24) is 9.55 Å². The van der Waals surface area contributed by atoms with Gasteiger partial charge in [0.1, 0.15) is 10.7 Å². The number of benzene rings is 1. The molecule has 0 aliphatic rings. The fraction of sp³-hybridized carbons (Fsp3) is 0.333. The maximum absolute atomic E-state index is 12.2. The van der Waals surface area contributed by atoms with Crippen LogP contribution >= 0.6 is 10.7 Å². The standard InChI is InChI=1S/C12H13ClN2O3S/c1-7(2)11-14-10-8(12(16)15(11)3)5-4-6-9(10)19(13,17)18/h4-7H,1-3H3. The van der Waals surface area contributed by atoms with E-state index < -0.39 is 9.05 Å². The van der Waals surface area contributed by atoms with Crippen LogP contribution in [0.2, 0.25) is 0 Å². The highest BCUT2D eigenvalue weighted by molar-refractivity contribution is 8.14. The van der Waals surface area contributed by atoms with Gasteiger partial charge in [0.05, 0.1) is 10.9 Å². The number of halogens is 1. The van der Waals surface area contributed by atoms with Gasteiger partial charge < -0.3 is 0 Å². The van der Waals surface area contributed by atoms with Crippen LogP contribution in [0.3, 0.4) is 0 Å². The molecule has 19 heavy (non-hydrogen) atoms. The highest BCUT2D eigenvalue weighted by Crippen LogP contribution is 2.23. The fourth-order valence-electron chi connectivity index (χ4n) is 2.00. The topological polar surface area (TPSA) is 69.0 Å². The normalized spacial score (nSPS) is 12.3. The van der Waals surface area contributed by atoms with E-state index in [1.54, 1.807) is 13.1 Å². The Labute approximate surface area is 115 Å². The number of rotatable bonds is 2. The maximum Gasteiger partial charge on any atom is 0.263 e. The van der Waals surface area contributed by atoms with Gasteiger partial charge in [-0.3, -0.25) is 9.36 Å². The molecule has 0 fully saturated rings. The Bertz CT molecular complexity index is 810. The predicted molar refractivity (Wildman–Crippen MR) is 74.1 cm³/mol. The minimum absolute atomic E-state index is 0.00631. The summed E-state index contributed by atoms with van der Waals surface area (Å²) >= 11 is 0. The smallest absolute Gasteiger partial charge is 0.263 e. The van der Waals surface area contributed by atoms with Crippen molar-refractivity contribution in [2.75, 3.05) is 0 Å². The zero-order valence-electron chi connectivity index (χ0n) is 10.7. The highest BCUT2D eigenvalue weighted by atomic mass is 35.7. The molecule has 1 heterocycles. The second-order valence-electron chi connectivity index (χ2n) is 4.58. The Balaban J connectivity index is 3.03. The van der Waals surface area contributed by atoms with Gasteiger partial charge in [0.25, 0.3) is 14.6 Å². The number of fused-ring (bicyclic) bond motifs is 1. The van der Waals surface area contributed by atoms with Crippen LogP contribution in [-0.2, 0) is 16.1 Å². The molecule has 0 amide bonds. The zero-order chi connectivity index (χ0) is 14.4. The van der Waals surface area contributed by atoms with Crippen LogP contribution in [0.25, 0.3) is 10.9 Å². The first-order chi connectivity index (χ1) is 8.73. The lowest BCUT2D eigenvalue weighted by Crippen LogP contribution is -2.23. The molecule has 1 aromatic carbocycles. The molecule has 0 spiro atoms. The molecule has 0 unspecified atom stereocenters. The van der Waals surface area contributed by atoms with Gasteiger partial charge in [0.2, 0.25) is 0 Å². The van der Waals surface area contributed by atoms with E-state index in [9.17, 15) is 13.2 Å². The third-order valence-electron chi connectivity index (χ3n) is 2.88. The molecule has 0 saturated heterocycles. The van der Waals surface area contributed by atoms with Gasteiger partial charge >= 0.3 is 0 Å². The molecule has 0 N–H and O–H groups in total. The summed E-state index contributed by atoms with van der Waals surface area (Å²) in [5.41, 5.74) is -0.153. The molecule has 0 atom stereocenters. The monoisotopic (exact) mass is 300 g/mol. The molecular weight excluding hydrogens is 288 g/mol. The van der Waals surface area contributed by atoms with Crippen LogP contribution in [0.1, 0.15) is 25.6 Å². The molecule has 2 aromatic rings. The van der Waals surface area contributed by atoms with Gasteiger partial charge in [-0.25, -0.2) is 13.4 Å². The van der Waals surface area contributed by atoms with Crippen molar-refractivity contribution >= 4 is 30.6 Å². The summed E-state index contributed by atoms with van der Waals surface area (Å²) in [6.07, 6.45) is 0. The average Bonchev–Trinajstić information content (AvgIpc) is 2.31. The summed E-state index contributed by atoms with van der Waals surface area (Å²) in [7, 11) is 3.06. The average molecular weight is 301 g/mol. The van der Waals surface area contributed by atoms with E-state index in [1.807, 2.05) is 13.8 Å². The number of para-hydroxylation sites is 1. The summed E-state index contributed by atoms with van der Waals surface area (Å²) in [4.78, 5) is 16.4. The van der Waals surface area contributed by atoms with Crippen LogP contribution < -0.4 is 5.56 Å². The molecule has 5 nitrogen and oxygen atoms in total. The second-order valence-corrected chi connectivity index (χ2v) is 7.11. The molecule has 0 aliphatic carbocycles. The molecule has 0 saturated carbocycles. The number of nitrogens with zero attached hydrogens (tertiary/aromatic N) is 2. The van der Waals surface area contributed by atoms with Crippen LogP contribution in [-0.4, -0.2) is 18.0 Å². The van der Waals surface area contributed by atoms with E-state index in [1.165, 1.54) is 16.7 Å². The Kier molecular flexibility index (Phi) is 3.40. The molecule has 0 radical (unpaired) electrons. The van der Waals surface area contributed by atoms with Crippen LogP contribution in [0.5, 0.6) is 0 Å². The van der Waals surface area contributed by atoms with Gasteiger partial charge in [-0.15, -0.1) is 0 Å². The van der Waals surface area contributed by atoms with E-state index >= 15 is 0 Å². The zero-order valence-corrected chi connectivity index (χ0v) is 12.3. The van der Waals surface area contributed by atoms with Crippen molar-refractivity contribution in [2.45, 2.75) is 24.7 Å². The Morgan fingerprint density at radius 1 is 1.32 bits per heavy atom. The van der Waals surface area contributed by atoms with Crippen molar-refractivity contribution in [2.24, 2.45) is 7.05 Å². The number of aromatic nitrogens is 2. The van der Waals surface area contributed by atoms with Gasteiger partial charge in [-0.2, -0.15) is 0 Å². The SMILES string of the molecule is CC(C)c1nc2c(S(=O)(=O)Cl)cccc2c(=O)n1C. The predicted octanol–water partition coefficient (Wildman–Crippen LogP) is 1.98. The van der Waals surface area contributed by atoms with Crippen molar-refractivity contribution < 1.29 is 8.42 Å². The van der Waals surface area contributed by atoms with Gasteiger partial charge in [0, 0.05) is 23.6 Å². The first-order valence-electron chi connectivity index (χ1n) is 5.67. The van der Waals surface area contributed by atoms with Crippen molar-refractivity contribution in [3.63, 3.8) is 0 Å². The number of hydrogen-bond donors (Lipinski definition) is 0. The lowest BCUT2D eigenvalue weighted by molar-refractivity contribution is 0.609. The van der Waals surface area contributed by atoms with Crippen LogP contribution in [0.4, 0.5) is 0 Å². The minimum Gasteiger partial charge on any atom is -0.299 e. The molecule has 2 rings (SSSR count). The number of hydrogen-bond acceptors (Lipinski definition) is 4. The van der Waals surface area contributed by atoms with Gasteiger partial charge in [-0.1, -0.05) is 19.9 Å². The van der Waals surface area contributed by atoms with Gasteiger partial charge in [0.15, 0.2) is 0 Å². The van der Waals surface area contributed by atoms with Crippen LogP contribution in [0.15, 0.2) is 27.9 Å². The quantitative estimate of drug-likeness (QED) is 0.795. The van der Waals surface area contributed by atoms with Crippen molar-refractivity contribution in [1.29, 1.82) is 0 Å². The molecular formula is C12H13ClN2O3S. The molecule has 0 aliphatic heterocycles. The maximum atomic E-state index is 12.2. The summed E-state index contributed by atoms with van der Waals surface area (Å²) < 4.78 is 24.5. The molecule has 0 bridgehead atoms.